The van der Waals surface area contributed by atoms with Crippen molar-refractivity contribution in [3.8, 4) is 22.6 Å². The Balaban J connectivity index is 2.55. The summed E-state index contributed by atoms with van der Waals surface area (Å²) in [5, 5.41) is 0. The molecule has 0 bridgehead atoms. The van der Waals surface area contributed by atoms with E-state index < -0.39 is 0 Å². The van der Waals surface area contributed by atoms with Crippen molar-refractivity contribution in [1.82, 2.24) is 0 Å². The molecule has 0 amide bonds. The van der Waals surface area contributed by atoms with E-state index in [0.29, 0.717) is 0 Å². The van der Waals surface area contributed by atoms with Gasteiger partial charge in [0.15, 0.2) is 0 Å². The van der Waals surface area contributed by atoms with Gasteiger partial charge in [0.1, 0.15) is 11.5 Å². The van der Waals surface area contributed by atoms with Crippen LogP contribution in [0.5, 0.6) is 11.5 Å². The van der Waals surface area contributed by atoms with E-state index in [1.165, 1.54) is 0 Å². The zero-order valence-electron chi connectivity index (χ0n) is 12.2. The molecular formula is C17H21NO2. The third kappa shape index (κ3) is 3.11. The van der Waals surface area contributed by atoms with Crippen LogP contribution in [-0.2, 0) is 6.42 Å². The predicted molar refractivity (Wildman–Crippen MR) is 82.3 cm³/mol. The Bertz CT molecular complexity index is 539. The fourth-order valence-electron chi connectivity index (χ4n) is 2.35. The van der Waals surface area contributed by atoms with E-state index in [4.69, 9.17) is 15.2 Å². The van der Waals surface area contributed by atoms with Crippen LogP contribution in [0.4, 0.5) is 0 Å². The molecule has 2 N–H and O–H groups in total. The fourth-order valence-corrected chi connectivity index (χ4v) is 2.35. The Morgan fingerprint density at radius 3 is 2.00 bits per heavy atom. The molecule has 0 aliphatic heterocycles. The summed E-state index contributed by atoms with van der Waals surface area (Å²) in [6, 6.07) is 14.3. The zero-order valence-corrected chi connectivity index (χ0v) is 12.2. The van der Waals surface area contributed by atoms with E-state index in [1.807, 2.05) is 49.4 Å². The third-order valence-corrected chi connectivity index (χ3v) is 3.19. The molecule has 3 nitrogen and oxygen atoms in total. The van der Waals surface area contributed by atoms with Gasteiger partial charge >= 0.3 is 0 Å². The molecule has 0 saturated carbocycles. The molecule has 0 fully saturated rings. The van der Waals surface area contributed by atoms with Crippen molar-refractivity contribution in [2.45, 2.75) is 19.4 Å². The van der Waals surface area contributed by atoms with Gasteiger partial charge < -0.3 is 15.2 Å². The number of methoxy groups -OCH3 is 2. The van der Waals surface area contributed by atoms with Crippen LogP contribution >= 0.6 is 0 Å². The summed E-state index contributed by atoms with van der Waals surface area (Å²) < 4.78 is 11.1. The Hall–Kier alpha value is -2.00. The highest BCUT2D eigenvalue weighted by Crippen LogP contribution is 2.39. The van der Waals surface area contributed by atoms with Crippen LogP contribution in [-0.4, -0.2) is 20.3 Å². The maximum absolute atomic E-state index is 5.88. The standard InChI is InChI=1S/C17H21NO2/c1-12(18)9-13-10-15(19-2)17(16(11-13)20-3)14-7-5-4-6-8-14/h4-8,10-12H,9,18H2,1-3H3/t12-/m0/s1. The van der Waals surface area contributed by atoms with E-state index in [9.17, 15) is 0 Å². The number of rotatable bonds is 5. The van der Waals surface area contributed by atoms with Gasteiger partial charge in [0.2, 0.25) is 0 Å². The van der Waals surface area contributed by atoms with Gasteiger partial charge in [-0.2, -0.15) is 0 Å². The average molecular weight is 271 g/mol. The summed E-state index contributed by atoms with van der Waals surface area (Å²) >= 11 is 0. The summed E-state index contributed by atoms with van der Waals surface area (Å²) in [6.45, 7) is 1.99. The van der Waals surface area contributed by atoms with Crippen LogP contribution in [0.1, 0.15) is 12.5 Å². The molecule has 2 aromatic carbocycles. The largest absolute Gasteiger partial charge is 0.496 e. The predicted octanol–water partition coefficient (Wildman–Crippen LogP) is 3.26. The molecule has 20 heavy (non-hydrogen) atoms. The van der Waals surface area contributed by atoms with Gasteiger partial charge in [-0.05, 0) is 36.6 Å². The minimum atomic E-state index is 0.104. The summed E-state index contributed by atoms with van der Waals surface area (Å²) in [5.41, 5.74) is 9.05. The maximum atomic E-state index is 5.88. The van der Waals surface area contributed by atoms with Crippen LogP contribution in [0, 0.1) is 0 Å². The molecule has 0 aliphatic carbocycles. The number of nitrogens with two attached hydrogens (primary N) is 1. The van der Waals surface area contributed by atoms with Crippen LogP contribution < -0.4 is 15.2 Å². The van der Waals surface area contributed by atoms with Crippen molar-refractivity contribution < 1.29 is 9.47 Å². The first-order chi connectivity index (χ1) is 9.65. The second kappa shape index (κ2) is 6.44. The van der Waals surface area contributed by atoms with Gasteiger partial charge in [0.05, 0.1) is 19.8 Å². The second-order valence-electron chi connectivity index (χ2n) is 4.92. The highest BCUT2D eigenvalue weighted by atomic mass is 16.5. The molecular weight excluding hydrogens is 250 g/mol. The minimum absolute atomic E-state index is 0.104. The number of benzene rings is 2. The molecule has 0 aliphatic rings. The van der Waals surface area contributed by atoms with Crippen molar-refractivity contribution in [2.24, 2.45) is 5.73 Å². The molecule has 0 spiro atoms. The average Bonchev–Trinajstić information content (AvgIpc) is 2.46. The Kier molecular flexibility index (Phi) is 4.64. The molecule has 0 saturated heterocycles. The Morgan fingerprint density at radius 1 is 1.00 bits per heavy atom. The molecule has 0 aromatic heterocycles. The van der Waals surface area contributed by atoms with Crippen molar-refractivity contribution in [3.05, 3.63) is 48.0 Å². The fraction of sp³-hybridized carbons (Fsp3) is 0.294. The van der Waals surface area contributed by atoms with Crippen LogP contribution in [0.3, 0.4) is 0 Å². The molecule has 2 rings (SSSR count). The molecule has 0 radical (unpaired) electrons. The van der Waals surface area contributed by atoms with Gasteiger partial charge in [0.25, 0.3) is 0 Å². The third-order valence-electron chi connectivity index (χ3n) is 3.19. The van der Waals surface area contributed by atoms with Crippen LogP contribution in [0.25, 0.3) is 11.1 Å². The van der Waals surface area contributed by atoms with Gasteiger partial charge in [-0.3, -0.25) is 0 Å². The first-order valence-electron chi connectivity index (χ1n) is 6.71. The Morgan fingerprint density at radius 2 is 1.55 bits per heavy atom. The van der Waals surface area contributed by atoms with E-state index in [2.05, 4.69) is 0 Å². The van der Waals surface area contributed by atoms with Gasteiger partial charge in [-0.15, -0.1) is 0 Å². The summed E-state index contributed by atoms with van der Waals surface area (Å²) in [4.78, 5) is 0. The molecule has 106 valence electrons. The van der Waals surface area contributed by atoms with Crippen molar-refractivity contribution in [2.75, 3.05) is 14.2 Å². The van der Waals surface area contributed by atoms with E-state index >= 15 is 0 Å². The maximum Gasteiger partial charge on any atom is 0.130 e. The molecule has 0 heterocycles. The highest BCUT2D eigenvalue weighted by molar-refractivity contribution is 5.77. The van der Waals surface area contributed by atoms with Crippen LogP contribution in [0.2, 0.25) is 0 Å². The summed E-state index contributed by atoms with van der Waals surface area (Å²) in [6.07, 6.45) is 0.793. The molecule has 1 atom stereocenters. The SMILES string of the molecule is COc1cc(C[C@H](C)N)cc(OC)c1-c1ccccc1. The van der Waals surface area contributed by atoms with Crippen molar-refractivity contribution in [3.63, 3.8) is 0 Å². The van der Waals surface area contributed by atoms with Gasteiger partial charge in [-0.25, -0.2) is 0 Å². The first kappa shape index (κ1) is 14.4. The lowest BCUT2D eigenvalue weighted by atomic mass is 9.98. The van der Waals surface area contributed by atoms with E-state index in [1.54, 1.807) is 14.2 Å². The lowest BCUT2D eigenvalue weighted by Crippen LogP contribution is -2.17. The minimum Gasteiger partial charge on any atom is -0.496 e. The smallest absolute Gasteiger partial charge is 0.130 e. The zero-order chi connectivity index (χ0) is 14.5. The van der Waals surface area contributed by atoms with Gasteiger partial charge in [-0.1, -0.05) is 30.3 Å². The van der Waals surface area contributed by atoms with E-state index in [0.717, 1.165) is 34.6 Å². The second-order valence-corrected chi connectivity index (χ2v) is 4.92. The van der Waals surface area contributed by atoms with Crippen molar-refractivity contribution in [1.29, 1.82) is 0 Å². The summed E-state index contributed by atoms with van der Waals surface area (Å²) in [5.74, 6) is 1.62. The van der Waals surface area contributed by atoms with E-state index in [-0.39, 0.29) is 6.04 Å². The lowest BCUT2D eigenvalue weighted by molar-refractivity contribution is 0.396. The lowest BCUT2D eigenvalue weighted by Gasteiger charge is -2.16. The topological polar surface area (TPSA) is 44.5 Å². The monoisotopic (exact) mass is 271 g/mol. The molecule has 2 aromatic rings. The molecule has 3 heteroatoms. The van der Waals surface area contributed by atoms with Gasteiger partial charge in [0, 0.05) is 6.04 Å². The number of hydrogen-bond acceptors (Lipinski definition) is 3. The normalized spacial score (nSPS) is 12.0. The molecule has 0 unspecified atom stereocenters. The Labute approximate surface area is 120 Å². The van der Waals surface area contributed by atoms with Crippen molar-refractivity contribution >= 4 is 0 Å². The quantitative estimate of drug-likeness (QED) is 0.907. The summed E-state index contributed by atoms with van der Waals surface area (Å²) in [7, 11) is 3.35. The first-order valence-corrected chi connectivity index (χ1v) is 6.71. The highest BCUT2D eigenvalue weighted by Gasteiger charge is 2.14. The van der Waals surface area contributed by atoms with Crippen LogP contribution in [0.15, 0.2) is 42.5 Å². The number of ether oxygens (including phenoxy) is 2. The number of hydrogen-bond donors (Lipinski definition) is 1.